The van der Waals surface area contributed by atoms with E-state index in [4.69, 9.17) is 22.1 Å². The van der Waals surface area contributed by atoms with Crippen molar-refractivity contribution in [1.29, 1.82) is 0 Å². The Morgan fingerprint density at radius 3 is 2.90 bits per heavy atom. The summed E-state index contributed by atoms with van der Waals surface area (Å²) in [6, 6.07) is 10.7. The van der Waals surface area contributed by atoms with E-state index >= 15 is 0 Å². The van der Waals surface area contributed by atoms with Gasteiger partial charge in [0.25, 0.3) is 5.91 Å². The normalized spacial score (nSPS) is 13.1. The van der Waals surface area contributed by atoms with Crippen LogP contribution in [-0.4, -0.2) is 19.6 Å². The van der Waals surface area contributed by atoms with E-state index in [2.05, 4.69) is 0 Å². The fourth-order valence-corrected chi connectivity index (χ4v) is 2.85. The smallest absolute Gasteiger partial charge is 0.262 e. The third kappa shape index (κ3) is 2.32. The van der Waals surface area contributed by atoms with Gasteiger partial charge in [-0.15, -0.1) is 0 Å². The van der Waals surface area contributed by atoms with Crippen LogP contribution < -0.4 is 15.4 Å². The molecule has 5 heteroatoms. The zero-order valence-electron chi connectivity index (χ0n) is 11.6. The van der Waals surface area contributed by atoms with Gasteiger partial charge in [-0.1, -0.05) is 23.7 Å². The average Bonchev–Trinajstić information content (AvgIpc) is 2.92. The van der Waals surface area contributed by atoms with Gasteiger partial charge in [0.1, 0.15) is 5.75 Å². The van der Waals surface area contributed by atoms with Crippen LogP contribution in [-0.2, 0) is 6.42 Å². The predicted molar refractivity (Wildman–Crippen MR) is 84.2 cm³/mol. The van der Waals surface area contributed by atoms with Gasteiger partial charge < -0.3 is 15.4 Å². The summed E-state index contributed by atoms with van der Waals surface area (Å²) in [7, 11) is 1.53. The van der Waals surface area contributed by atoms with E-state index < -0.39 is 0 Å². The molecule has 0 unspecified atom stereocenters. The van der Waals surface area contributed by atoms with Gasteiger partial charge in [-0.2, -0.15) is 0 Å². The second kappa shape index (κ2) is 5.30. The maximum Gasteiger partial charge on any atom is 0.262 e. The van der Waals surface area contributed by atoms with Crippen molar-refractivity contribution in [2.24, 2.45) is 0 Å². The first kappa shape index (κ1) is 13.8. The number of nitrogen functional groups attached to an aromatic ring is 1. The molecule has 2 aromatic carbocycles. The van der Waals surface area contributed by atoms with E-state index in [1.54, 1.807) is 29.2 Å². The molecule has 3 rings (SSSR count). The minimum Gasteiger partial charge on any atom is -0.496 e. The Morgan fingerprint density at radius 2 is 2.14 bits per heavy atom. The molecular formula is C16H15ClN2O2. The Balaban J connectivity index is 2.04. The lowest BCUT2D eigenvalue weighted by Crippen LogP contribution is -2.29. The van der Waals surface area contributed by atoms with Crippen molar-refractivity contribution in [2.75, 3.05) is 24.3 Å². The summed E-state index contributed by atoms with van der Waals surface area (Å²) in [6.07, 6.45) is 0.801. The summed E-state index contributed by atoms with van der Waals surface area (Å²) in [4.78, 5) is 14.5. The summed E-state index contributed by atoms with van der Waals surface area (Å²) in [5.41, 5.74) is 8.97. The van der Waals surface area contributed by atoms with Crippen molar-refractivity contribution >= 4 is 28.9 Å². The van der Waals surface area contributed by atoms with Crippen molar-refractivity contribution in [3.05, 3.63) is 52.5 Å². The Bertz CT molecular complexity index is 715. The monoisotopic (exact) mass is 302 g/mol. The standard InChI is InChI=1S/C16H15ClN2O2/c1-21-14-6-5-11(17)9-12(14)16(20)19-8-7-10-3-2-4-13(18)15(10)19/h2-6,9H,7-8,18H2,1H3. The van der Waals surface area contributed by atoms with Crippen LogP contribution in [0.1, 0.15) is 15.9 Å². The van der Waals surface area contributed by atoms with E-state index in [1.165, 1.54) is 7.11 Å². The zero-order chi connectivity index (χ0) is 15.0. The maximum atomic E-state index is 12.8. The van der Waals surface area contributed by atoms with Crippen molar-refractivity contribution in [3.63, 3.8) is 0 Å². The highest BCUT2D eigenvalue weighted by Gasteiger charge is 2.29. The van der Waals surface area contributed by atoms with Crippen LogP contribution in [0.5, 0.6) is 5.75 Å². The minimum absolute atomic E-state index is 0.147. The quantitative estimate of drug-likeness (QED) is 0.867. The number of amides is 1. The fraction of sp³-hybridized carbons (Fsp3) is 0.188. The van der Waals surface area contributed by atoms with Crippen molar-refractivity contribution < 1.29 is 9.53 Å². The van der Waals surface area contributed by atoms with Crippen molar-refractivity contribution in [2.45, 2.75) is 6.42 Å². The molecule has 2 N–H and O–H groups in total. The number of fused-ring (bicyclic) bond motifs is 1. The molecule has 0 spiro atoms. The average molecular weight is 303 g/mol. The number of halogens is 1. The van der Waals surface area contributed by atoms with Crippen LogP contribution in [0, 0.1) is 0 Å². The minimum atomic E-state index is -0.147. The predicted octanol–water partition coefficient (Wildman–Crippen LogP) is 3.13. The van der Waals surface area contributed by atoms with E-state index in [0.29, 0.717) is 28.6 Å². The van der Waals surface area contributed by atoms with Gasteiger partial charge >= 0.3 is 0 Å². The number of hydrogen-bond donors (Lipinski definition) is 1. The summed E-state index contributed by atoms with van der Waals surface area (Å²) < 4.78 is 5.26. The third-order valence-electron chi connectivity index (χ3n) is 3.66. The number of carbonyl (C=O) groups is 1. The molecule has 0 aromatic heterocycles. The number of rotatable bonds is 2. The van der Waals surface area contributed by atoms with E-state index in [-0.39, 0.29) is 5.91 Å². The molecule has 0 saturated heterocycles. The van der Waals surface area contributed by atoms with Crippen LogP contribution in [0.25, 0.3) is 0 Å². The van der Waals surface area contributed by atoms with Crippen LogP contribution in [0.15, 0.2) is 36.4 Å². The molecule has 0 bridgehead atoms. The Hall–Kier alpha value is -2.20. The lowest BCUT2D eigenvalue weighted by Gasteiger charge is -2.20. The molecule has 0 fully saturated rings. The number of nitrogens with two attached hydrogens (primary N) is 1. The van der Waals surface area contributed by atoms with Crippen LogP contribution in [0.3, 0.4) is 0 Å². The molecule has 0 radical (unpaired) electrons. The molecule has 0 aliphatic carbocycles. The molecule has 0 atom stereocenters. The molecule has 1 amide bonds. The highest BCUT2D eigenvalue weighted by molar-refractivity contribution is 6.31. The highest BCUT2D eigenvalue weighted by Crippen LogP contribution is 2.36. The van der Waals surface area contributed by atoms with E-state index in [9.17, 15) is 4.79 Å². The zero-order valence-corrected chi connectivity index (χ0v) is 12.4. The van der Waals surface area contributed by atoms with Gasteiger partial charge in [0.2, 0.25) is 0 Å². The number of methoxy groups -OCH3 is 1. The van der Waals surface area contributed by atoms with E-state index in [0.717, 1.165) is 17.7 Å². The fourth-order valence-electron chi connectivity index (χ4n) is 2.68. The van der Waals surface area contributed by atoms with Gasteiger partial charge in [0.15, 0.2) is 0 Å². The number of anilines is 2. The topological polar surface area (TPSA) is 55.6 Å². The van der Waals surface area contributed by atoms with Crippen LogP contribution in [0.4, 0.5) is 11.4 Å². The lowest BCUT2D eigenvalue weighted by molar-refractivity contribution is 0.0986. The Labute approximate surface area is 128 Å². The molecule has 4 nitrogen and oxygen atoms in total. The second-order valence-corrected chi connectivity index (χ2v) is 5.34. The van der Waals surface area contributed by atoms with E-state index in [1.807, 2.05) is 12.1 Å². The second-order valence-electron chi connectivity index (χ2n) is 4.91. The van der Waals surface area contributed by atoms with Gasteiger partial charge in [-0.25, -0.2) is 0 Å². The molecule has 1 aliphatic heterocycles. The largest absolute Gasteiger partial charge is 0.496 e. The SMILES string of the molecule is COc1ccc(Cl)cc1C(=O)N1CCc2cccc(N)c21. The summed E-state index contributed by atoms with van der Waals surface area (Å²) in [5, 5.41) is 0.500. The Morgan fingerprint density at radius 1 is 1.33 bits per heavy atom. The number of para-hydroxylation sites is 1. The van der Waals surface area contributed by atoms with Crippen molar-refractivity contribution in [1.82, 2.24) is 0 Å². The van der Waals surface area contributed by atoms with Gasteiger partial charge in [0, 0.05) is 11.6 Å². The molecular weight excluding hydrogens is 288 g/mol. The molecule has 0 saturated carbocycles. The summed E-state index contributed by atoms with van der Waals surface area (Å²) >= 11 is 6.01. The van der Waals surface area contributed by atoms with Gasteiger partial charge in [-0.05, 0) is 36.2 Å². The maximum absolute atomic E-state index is 12.8. The number of carbonyl (C=O) groups excluding carboxylic acids is 1. The molecule has 108 valence electrons. The highest BCUT2D eigenvalue weighted by atomic mass is 35.5. The summed E-state index contributed by atoms with van der Waals surface area (Å²) in [6.45, 7) is 0.609. The molecule has 21 heavy (non-hydrogen) atoms. The van der Waals surface area contributed by atoms with Crippen LogP contribution >= 0.6 is 11.6 Å². The summed E-state index contributed by atoms with van der Waals surface area (Å²) in [5.74, 6) is 0.360. The van der Waals surface area contributed by atoms with Crippen LogP contribution in [0.2, 0.25) is 5.02 Å². The first-order valence-corrected chi connectivity index (χ1v) is 7.02. The lowest BCUT2D eigenvalue weighted by atomic mass is 10.1. The molecule has 1 heterocycles. The Kier molecular flexibility index (Phi) is 3.47. The first-order chi connectivity index (χ1) is 10.1. The van der Waals surface area contributed by atoms with Gasteiger partial charge in [-0.3, -0.25) is 4.79 Å². The number of ether oxygens (including phenoxy) is 1. The van der Waals surface area contributed by atoms with Gasteiger partial charge in [0.05, 0.1) is 24.0 Å². The number of benzene rings is 2. The molecule has 2 aromatic rings. The third-order valence-corrected chi connectivity index (χ3v) is 3.90. The molecule has 1 aliphatic rings. The number of nitrogens with zero attached hydrogens (tertiary/aromatic N) is 1. The first-order valence-electron chi connectivity index (χ1n) is 6.64. The van der Waals surface area contributed by atoms with Crippen molar-refractivity contribution in [3.8, 4) is 5.75 Å². The number of hydrogen-bond acceptors (Lipinski definition) is 3.